The quantitative estimate of drug-likeness (QED) is 0.153. The summed E-state index contributed by atoms with van der Waals surface area (Å²) in [4.78, 5) is 5.23. The van der Waals surface area contributed by atoms with Crippen molar-refractivity contribution in [2.24, 2.45) is 0 Å². The molecule has 2 aliphatic rings. The molecule has 0 saturated carbocycles. The van der Waals surface area contributed by atoms with Crippen LogP contribution in [0.25, 0.3) is 94.9 Å². The molecule has 0 N–H and O–H groups in total. The molecule has 0 aliphatic heterocycles. The third-order valence-electron chi connectivity index (χ3n) is 17.0. The fourth-order valence-corrected chi connectivity index (χ4v) is 16.0. The fourth-order valence-electron chi connectivity index (χ4n) is 13.6. The van der Waals surface area contributed by atoms with Crippen molar-refractivity contribution in [2.75, 3.05) is 9.80 Å². The number of hydrogen-bond acceptors (Lipinski definition) is 4. The van der Waals surface area contributed by atoms with Crippen molar-refractivity contribution in [3.63, 3.8) is 0 Å². The van der Waals surface area contributed by atoms with Gasteiger partial charge in [0, 0.05) is 63.7 Å². The fraction of sp³-hybridized carbons (Fsp3) is 0.0857. The Morgan fingerprint density at radius 1 is 0.284 bits per heavy atom. The molecule has 0 radical (unpaired) electrons. The van der Waals surface area contributed by atoms with Crippen LogP contribution in [0.1, 0.15) is 49.9 Å². The maximum atomic E-state index is 2.61. The van der Waals surface area contributed by atoms with E-state index in [0.29, 0.717) is 0 Å². The minimum Gasteiger partial charge on any atom is -0.308 e. The molecular formula is C70H48N2S2. The number of thiophene rings is 2. The molecule has 0 unspecified atom stereocenters. The first-order valence-electron chi connectivity index (χ1n) is 25.8. The van der Waals surface area contributed by atoms with Gasteiger partial charge in [0.05, 0.1) is 43.5 Å². The van der Waals surface area contributed by atoms with Crippen LogP contribution in [0.3, 0.4) is 0 Å². The van der Waals surface area contributed by atoms with E-state index >= 15 is 0 Å². The lowest BCUT2D eigenvalue weighted by atomic mass is 9.82. The van der Waals surface area contributed by atoms with Crippen LogP contribution in [-0.2, 0) is 10.8 Å². The maximum Gasteiger partial charge on any atom is 0.0640 e. The van der Waals surface area contributed by atoms with E-state index in [1.165, 1.54) is 151 Å². The lowest BCUT2D eigenvalue weighted by Crippen LogP contribution is -2.16. The average Bonchev–Trinajstić information content (AvgIpc) is 4.15. The van der Waals surface area contributed by atoms with Crippen molar-refractivity contribution in [3.8, 4) is 22.3 Å². The molecule has 74 heavy (non-hydrogen) atoms. The van der Waals surface area contributed by atoms with Gasteiger partial charge in [-0.2, -0.15) is 0 Å². The van der Waals surface area contributed by atoms with Crippen LogP contribution >= 0.6 is 22.7 Å². The Kier molecular flexibility index (Phi) is 8.65. The number of fused-ring (bicyclic) bond motifs is 12. The molecule has 2 aliphatic carbocycles. The van der Waals surface area contributed by atoms with Gasteiger partial charge in [0.25, 0.3) is 0 Å². The first-order chi connectivity index (χ1) is 36.3. The minimum absolute atomic E-state index is 0.154. The lowest BCUT2D eigenvalue weighted by Gasteiger charge is -2.32. The number of hydrogen-bond donors (Lipinski definition) is 0. The van der Waals surface area contributed by atoms with Gasteiger partial charge in [0.2, 0.25) is 0 Å². The van der Waals surface area contributed by atoms with Gasteiger partial charge in [-0.05, 0) is 103 Å². The van der Waals surface area contributed by atoms with E-state index < -0.39 is 0 Å². The van der Waals surface area contributed by atoms with Crippen LogP contribution in [0.5, 0.6) is 0 Å². The van der Waals surface area contributed by atoms with Crippen LogP contribution in [-0.4, -0.2) is 0 Å². The van der Waals surface area contributed by atoms with Crippen LogP contribution in [0.4, 0.5) is 34.1 Å². The first kappa shape index (κ1) is 42.2. The Morgan fingerprint density at radius 3 is 1.12 bits per heavy atom. The summed E-state index contributed by atoms with van der Waals surface area (Å²) in [5.41, 5.74) is 17.5. The summed E-state index contributed by atoms with van der Waals surface area (Å²) in [7, 11) is 0. The Labute approximate surface area is 438 Å². The van der Waals surface area contributed by atoms with Crippen LogP contribution in [0.2, 0.25) is 0 Å². The van der Waals surface area contributed by atoms with Gasteiger partial charge in [-0.1, -0.05) is 198 Å². The van der Waals surface area contributed by atoms with Crippen molar-refractivity contribution < 1.29 is 0 Å². The highest BCUT2D eigenvalue weighted by Gasteiger charge is 2.40. The zero-order valence-electron chi connectivity index (χ0n) is 41.5. The molecular weight excluding hydrogens is 933 g/mol. The Hall–Kier alpha value is -8.28. The molecule has 0 fully saturated rings. The van der Waals surface area contributed by atoms with Crippen molar-refractivity contribution in [1.29, 1.82) is 0 Å². The summed E-state index contributed by atoms with van der Waals surface area (Å²) >= 11 is 3.80. The number of anilines is 6. The Morgan fingerprint density at radius 2 is 0.649 bits per heavy atom. The zero-order chi connectivity index (χ0) is 49.2. The van der Waals surface area contributed by atoms with E-state index in [2.05, 4.69) is 256 Å². The molecule has 2 nitrogen and oxygen atoms in total. The third kappa shape index (κ3) is 5.59. The minimum atomic E-state index is -0.154. The van der Waals surface area contributed by atoms with Gasteiger partial charge in [-0.3, -0.25) is 0 Å². The SMILES string of the molecule is CC1(C)c2ccccc2-c2c(N(c3ccc4ccc5c(N(c6cccc7c6-c6ccccc6C7(C)C)c6cccc7c6sc6ccccc67)ccc6ccc3c4c65)c3cccc4c3sc3ccccc34)cccc21. The van der Waals surface area contributed by atoms with E-state index in [9.17, 15) is 0 Å². The highest BCUT2D eigenvalue weighted by atomic mass is 32.1. The monoisotopic (exact) mass is 980 g/mol. The van der Waals surface area contributed by atoms with Gasteiger partial charge < -0.3 is 9.80 Å². The molecule has 0 saturated heterocycles. The first-order valence-corrected chi connectivity index (χ1v) is 27.5. The second kappa shape index (κ2) is 15.1. The summed E-state index contributed by atoms with van der Waals surface area (Å²) < 4.78 is 5.18. The predicted molar refractivity (Wildman–Crippen MR) is 320 cm³/mol. The summed E-state index contributed by atoms with van der Waals surface area (Å²) in [5, 5.41) is 12.7. The van der Waals surface area contributed by atoms with Gasteiger partial charge in [-0.25, -0.2) is 0 Å². The molecule has 2 aromatic heterocycles. The number of benzene rings is 12. The number of nitrogens with zero attached hydrogens (tertiary/aromatic N) is 2. The van der Waals surface area contributed by atoms with Crippen molar-refractivity contribution in [2.45, 2.75) is 38.5 Å². The van der Waals surface area contributed by atoms with E-state index in [1.54, 1.807) is 0 Å². The third-order valence-corrected chi connectivity index (χ3v) is 19.4. The Balaban J connectivity index is 0.998. The van der Waals surface area contributed by atoms with Crippen LogP contribution < -0.4 is 9.80 Å². The smallest absolute Gasteiger partial charge is 0.0640 e. The second-order valence-electron chi connectivity index (χ2n) is 21.5. The highest BCUT2D eigenvalue weighted by Crippen LogP contribution is 2.59. The van der Waals surface area contributed by atoms with Crippen LogP contribution in [0, 0.1) is 0 Å². The molecule has 4 heteroatoms. The van der Waals surface area contributed by atoms with Gasteiger partial charge >= 0.3 is 0 Å². The van der Waals surface area contributed by atoms with Crippen molar-refractivity contribution in [3.05, 3.63) is 241 Å². The highest BCUT2D eigenvalue weighted by molar-refractivity contribution is 7.26. The molecule has 0 spiro atoms. The van der Waals surface area contributed by atoms with Gasteiger partial charge in [-0.15, -0.1) is 22.7 Å². The molecule has 14 aromatic rings. The largest absolute Gasteiger partial charge is 0.308 e. The van der Waals surface area contributed by atoms with Crippen molar-refractivity contribution >= 4 is 129 Å². The van der Waals surface area contributed by atoms with Crippen LogP contribution in [0.15, 0.2) is 218 Å². The number of rotatable bonds is 6. The molecule has 16 rings (SSSR count). The second-order valence-corrected chi connectivity index (χ2v) is 23.6. The molecule has 2 heterocycles. The lowest BCUT2D eigenvalue weighted by molar-refractivity contribution is 0.660. The molecule has 12 aromatic carbocycles. The average molecular weight is 981 g/mol. The molecule has 0 amide bonds. The topological polar surface area (TPSA) is 6.48 Å². The van der Waals surface area contributed by atoms with E-state index in [0.717, 1.165) is 0 Å². The van der Waals surface area contributed by atoms with Gasteiger partial charge in [0.15, 0.2) is 0 Å². The van der Waals surface area contributed by atoms with E-state index in [4.69, 9.17) is 0 Å². The van der Waals surface area contributed by atoms with Crippen molar-refractivity contribution in [1.82, 2.24) is 0 Å². The predicted octanol–water partition coefficient (Wildman–Crippen LogP) is 20.9. The summed E-state index contributed by atoms with van der Waals surface area (Å²) in [6.45, 7) is 9.56. The Bertz CT molecular complexity index is 4400. The standard InChI is InChI=1S/C70H48N2S2/c1-69(2)51-23-9-5-19-47(51)65-53(69)25-15-27-57(65)71(59-29-13-21-45-43-17-7-11-31-61(43)73-67(45)59)55-39-35-41-34-38-50-56(40-36-42-33-37-49(55)63(41)64(42)50)72(60-30-14-22-46-44-18-8-12-32-62(44)74-68(46)60)58-28-16-26-54-66(58)48-20-6-10-24-52(48)70(54,3)4/h5-40H,1-4H3. The van der Waals surface area contributed by atoms with E-state index in [1.807, 2.05) is 22.7 Å². The molecule has 0 atom stereocenters. The summed E-state index contributed by atoms with van der Waals surface area (Å²) in [6, 6.07) is 82.9. The molecule has 350 valence electrons. The van der Waals surface area contributed by atoms with Gasteiger partial charge in [0.1, 0.15) is 0 Å². The zero-order valence-corrected chi connectivity index (χ0v) is 43.1. The van der Waals surface area contributed by atoms with E-state index in [-0.39, 0.29) is 10.8 Å². The molecule has 0 bridgehead atoms. The summed E-state index contributed by atoms with van der Waals surface area (Å²) in [5.74, 6) is 0. The normalized spacial score (nSPS) is 14.2. The summed E-state index contributed by atoms with van der Waals surface area (Å²) in [6.07, 6.45) is 0. The maximum absolute atomic E-state index is 2.61.